The highest BCUT2D eigenvalue weighted by atomic mass is 16.3. The third kappa shape index (κ3) is 4.64. The average molecular weight is 278 g/mol. The first-order valence-electron chi connectivity index (χ1n) is 8.17. The molecule has 1 aromatic heterocycles. The van der Waals surface area contributed by atoms with Crippen molar-refractivity contribution in [1.82, 2.24) is 10.2 Å². The van der Waals surface area contributed by atoms with Crippen molar-refractivity contribution in [2.24, 2.45) is 5.92 Å². The Labute approximate surface area is 123 Å². The lowest BCUT2D eigenvalue weighted by Crippen LogP contribution is -2.34. The minimum Gasteiger partial charge on any atom is -0.463 e. The minimum absolute atomic E-state index is 0.734. The predicted octanol–water partition coefficient (Wildman–Crippen LogP) is 3.79. The van der Waals surface area contributed by atoms with Crippen LogP contribution in [0.15, 0.2) is 16.5 Å². The molecule has 0 aromatic carbocycles. The lowest BCUT2D eigenvalue weighted by molar-refractivity contribution is 0.154. The predicted molar refractivity (Wildman–Crippen MR) is 83.6 cm³/mol. The first-order chi connectivity index (χ1) is 9.69. The summed E-state index contributed by atoms with van der Waals surface area (Å²) in [5.41, 5.74) is 0. The van der Waals surface area contributed by atoms with Gasteiger partial charge in [0.1, 0.15) is 11.5 Å². The first kappa shape index (κ1) is 15.6. The summed E-state index contributed by atoms with van der Waals surface area (Å²) in [5, 5.41) is 3.38. The molecule has 2 rings (SSSR count). The largest absolute Gasteiger partial charge is 0.463 e. The van der Waals surface area contributed by atoms with Crippen LogP contribution in [0.2, 0.25) is 0 Å². The van der Waals surface area contributed by atoms with E-state index in [1.807, 2.05) is 0 Å². The molecule has 0 atom stereocenters. The van der Waals surface area contributed by atoms with E-state index in [0.717, 1.165) is 49.5 Å². The Hall–Kier alpha value is -0.800. The number of rotatable bonds is 7. The fourth-order valence-electron chi connectivity index (χ4n) is 3.05. The molecule has 0 amide bonds. The van der Waals surface area contributed by atoms with Crippen LogP contribution in [0, 0.1) is 5.92 Å². The van der Waals surface area contributed by atoms with Gasteiger partial charge < -0.3 is 9.73 Å². The summed E-state index contributed by atoms with van der Waals surface area (Å²) < 4.78 is 5.91. The van der Waals surface area contributed by atoms with Crippen LogP contribution in [-0.2, 0) is 13.1 Å². The van der Waals surface area contributed by atoms with E-state index < -0.39 is 0 Å². The SMILES string of the molecule is CCCNCc1ccc(CN(C)C2CCC(C)CC2)o1. The molecule has 1 aliphatic carbocycles. The minimum atomic E-state index is 0.734. The van der Waals surface area contributed by atoms with Crippen LogP contribution in [-0.4, -0.2) is 24.5 Å². The van der Waals surface area contributed by atoms with Gasteiger partial charge in [0.25, 0.3) is 0 Å². The second-order valence-electron chi connectivity index (χ2n) is 6.37. The van der Waals surface area contributed by atoms with Gasteiger partial charge in [0.2, 0.25) is 0 Å². The van der Waals surface area contributed by atoms with E-state index >= 15 is 0 Å². The van der Waals surface area contributed by atoms with Crippen molar-refractivity contribution >= 4 is 0 Å². The number of nitrogens with one attached hydrogen (secondary N) is 1. The Morgan fingerprint density at radius 1 is 1.20 bits per heavy atom. The van der Waals surface area contributed by atoms with Gasteiger partial charge in [0.15, 0.2) is 0 Å². The third-order valence-corrected chi connectivity index (χ3v) is 4.46. The molecular weight excluding hydrogens is 248 g/mol. The third-order valence-electron chi connectivity index (χ3n) is 4.46. The fraction of sp³-hybridized carbons (Fsp3) is 0.765. The number of hydrogen-bond donors (Lipinski definition) is 1. The van der Waals surface area contributed by atoms with Crippen LogP contribution in [0.25, 0.3) is 0 Å². The van der Waals surface area contributed by atoms with E-state index in [4.69, 9.17) is 4.42 Å². The summed E-state index contributed by atoms with van der Waals surface area (Å²) >= 11 is 0. The zero-order valence-corrected chi connectivity index (χ0v) is 13.3. The average Bonchev–Trinajstić information content (AvgIpc) is 2.87. The van der Waals surface area contributed by atoms with E-state index in [1.54, 1.807) is 0 Å². The second kappa shape index (κ2) is 7.84. The molecule has 0 aliphatic heterocycles. The zero-order valence-electron chi connectivity index (χ0n) is 13.3. The number of furan rings is 1. The summed E-state index contributed by atoms with van der Waals surface area (Å²) in [6, 6.07) is 4.97. The highest BCUT2D eigenvalue weighted by molar-refractivity contribution is 5.07. The Morgan fingerprint density at radius 2 is 1.90 bits per heavy atom. The van der Waals surface area contributed by atoms with Gasteiger partial charge in [-0.1, -0.05) is 13.8 Å². The first-order valence-corrected chi connectivity index (χ1v) is 8.17. The van der Waals surface area contributed by atoms with Crippen LogP contribution in [0.4, 0.5) is 0 Å². The van der Waals surface area contributed by atoms with Crippen molar-refractivity contribution in [3.05, 3.63) is 23.7 Å². The van der Waals surface area contributed by atoms with Crippen LogP contribution < -0.4 is 5.32 Å². The number of nitrogens with zero attached hydrogens (tertiary/aromatic N) is 1. The van der Waals surface area contributed by atoms with E-state index in [1.165, 1.54) is 25.7 Å². The molecule has 1 aliphatic rings. The van der Waals surface area contributed by atoms with E-state index in [0.29, 0.717) is 0 Å². The molecule has 1 saturated carbocycles. The lowest BCUT2D eigenvalue weighted by atomic mass is 9.87. The van der Waals surface area contributed by atoms with E-state index in [9.17, 15) is 0 Å². The topological polar surface area (TPSA) is 28.4 Å². The maximum absolute atomic E-state index is 5.91. The van der Waals surface area contributed by atoms with Crippen molar-refractivity contribution in [3.8, 4) is 0 Å². The van der Waals surface area contributed by atoms with Crippen molar-refractivity contribution in [2.75, 3.05) is 13.6 Å². The van der Waals surface area contributed by atoms with Crippen LogP contribution in [0.1, 0.15) is 57.5 Å². The molecule has 3 nitrogen and oxygen atoms in total. The van der Waals surface area contributed by atoms with Gasteiger partial charge in [-0.3, -0.25) is 4.90 Å². The molecule has 0 saturated heterocycles. The van der Waals surface area contributed by atoms with Crippen molar-refractivity contribution in [1.29, 1.82) is 0 Å². The van der Waals surface area contributed by atoms with Gasteiger partial charge in [0.05, 0.1) is 13.1 Å². The molecule has 1 aromatic rings. The molecular formula is C17H30N2O. The Morgan fingerprint density at radius 3 is 2.60 bits per heavy atom. The highest BCUT2D eigenvalue weighted by Gasteiger charge is 2.22. The van der Waals surface area contributed by atoms with E-state index in [2.05, 4.69) is 43.2 Å². The zero-order chi connectivity index (χ0) is 14.4. The van der Waals surface area contributed by atoms with Gasteiger partial charge in [-0.25, -0.2) is 0 Å². The summed E-state index contributed by atoms with van der Waals surface area (Å²) in [5.74, 6) is 3.07. The van der Waals surface area contributed by atoms with Gasteiger partial charge in [-0.15, -0.1) is 0 Å². The van der Waals surface area contributed by atoms with Crippen molar-refractivity contribution in [2.45, 2.75) is 65.1 Å². The van der Waals surface area contributed by atoms with Crippen LogP contribution in [0.5, 0.6) is 0 Å². The molecule has 0 radical (unpaired) electrons. The van der Waals surface area contributed by atoms with Crippen molar-refractivity contribution in [3.63, 3.8) is 0 Å². The lowest BCUT2D eigenvalue weighted by Gasteiger charge is -2.33. The molecule has 1 N–H and O–H groups in total. The summed E-state index contributed by atoms with van der Waals surface area (Å²) in [7, 11) is 2.23. The normalized spacial score (nSPS) is 23.4. The highest BCUT2D eigenvalue weighted by Crippen LogP contribution is 2.27. The quantitative estimate of drug-likeness (QED) is 0.769. The van der Waals surface area contributed by atoms with Crippen molar-refractivity contribution < 1.29 is 4.42 Å². The second-order valence-corrected chi connectivity index (χ2v) is 6.37. The van der Waals surface area contributed by atoms with E-state index in [-0.39, 0.29) is 0 Å². The van der Waals surface area contributed by atoms with Crippen LogP contribution in [0.3, 0.4) is 0 Å². The maximum Gasteiger partial charge on any atom is 0.118 e. The maximum atomic E-state index is 5.91. The van der Waals surface area contributed by atoms with Gasteiger partial charge in [-0.05, 0) is 63.7 Å². The smallest absolute Gasteiger partial charge is 0.118 e. The monoisotopic (exact) mass is 278 g/mol. The summed E-state index contributed by atoms with van der Waals surface area (Å²) in [4.78, 5) is 2.47. The van der Waals surface area contributed by atoms with Gasteiger partial charge in [-0.2, -0.15) is 0 Å². The summed E-state index contributed by atoms with van der Waals surface area (Å²) in [6.07, 6.45) is 6.59. The molecule has 1 heterocycles. The van der Waals surface area contributed by atoms with Gasteiger partial charge in [0, 0.05) is 6.04 Å². The summed E-state index contributed by atoms with van der Waals surface area (Å²) in [6.45, 7) is 7.39. The fourth-order valence-corrected chi connectivity index (χ4v) is 3.05. The Kier molecular flexibility index (Phi) is 6.11. The molecule has 0 spiro atoms. The van der Waals surface area contributed by atoms with Gasteiger partial charge >= 0.3 is 0 Å². The Bertz CT molecular complexity index is 380. The molecule has 3 heteroatoms. The number of hydrogen-bond acceptors (Lipinski definition) is 3. The molecule has 20 heavy (non-hydrogen) atoms. The molecule has 0 bridgehead atoms. The van der Waals surface area contributed by atoms with Crippen LogP contribution >= 0.6 is 0 Å². The Balaban J connectivity index is 1.77. The molecule has 1 fully saturated rings. The molecule has 0 unspecified atom stereocenters. The molecule has 114 valence electrons. The standard InChI is InChI=1S/C17H30N2O/c1-4-11-18-12-16-9-10-17(20-16)13-19(3)15-7-5-14(2)6-8-15/h9-10,14-15,18H,4-8,11-13H2,1-3H3.